The normalized spacial score (nSPS) is 10.0. The van der Waals surface area contributed by atoms with Crippen molar-refractivity contribution < 1.29 is 0 Å². The number of pyridine rings is 1. The summed E-state index contributed by atoms with van der Waals surface area (Å²) in [6.07, 6.45) is 8.92. The van der Waals surface area contributed by atoms with Crippen LogP contribution in [0.3, 0.4) is 0 Å². The fourth-order valence-corrected chi connectivity index (χ4v) is 1.02. The Morgan fingerprint density at radius 3 is 3.00 bits per heavy atom. The minimum atomic E-state index is 0.808. The molecule has 0 atom stereocenters. The summed E-state index contributed by atoms with van der Waals surface area (Å²) >= 11 is 0. The Kier molecular flexibility index (Phi) is 1.86. The summed E-state index contributed by atoms with van der Waals surface area (Å²) in [6.45, 7) is 0.808. The van der Waals surface area contributed by atoms with Gasteiger partial charge in [-0.1, -0.05) is 0 Å². The van der Waals surface area contributed by atoms with Crippen molar-refractivity contribution >= 4 is 0 Å². The summed E-state index contributed by atoms with van der Waals surface area (Å²) in [5.41, 5.74) is 1.11. The van der Waals surface area contributed by atoms with Crippen LogP contribution in [-0.2, 0) is 6.54 Å². The molecule has 0 N–H and O–H groups in total. The summed E-state index contributed by atoms with van der Waals surface area (Å²) in [6, 6.07) is 4.99. The third-order valence-electron chi connectivity index (χ3n) is 1.60. The predicted molar refractivity (Wildman–Crippen MR) is 44.4 cm³/mol. The average molecular weight is 158 g/mol. The maximum Gasteiger partial charge on any atom is 0.0949 e. The minimum absolute atomic E-state index is 0.808. The van der Waals surface area contributed by atoms with Gasteiger partial charge in [-0.25, -0.2) is 4.98 Å². The van der Waals surface area contributed by atoms with Gasteiger partial charge in [0.05, 0.1) is 6.33 Å². The molecule has 3 nitrogen and oxygen atoms in total. The largest absolute Gasteiger partial charge is 0.333 e. The molecule has 0 bridgehead atoms. The lowest BCUT2D eigenvalue weighted by Crippen LogP contribution is -1.95. The molecule has 0 fully saturated rings. The van der Waals surface area contributed by atoms with E-state index in [4.69, 9.17) is 0 Å². The van der Waals surface area contributed by atoms with E-state index >= 15 is 0 Å². The molecule has 2 heterocycles. The highest BCUT2D eigenvalue weighted by atomic mass is 15.0. The highest BCUT2D eigenvalue weighted by Crippen LogP contribution is 1.98. The van der Waals surface area contributed by atoms with Gasteiger partial charge in [0.15, 0.2) is 0 Å². The van der Waals surface area contributed by atoms with Crippen molar-refractivity contribution in [2.45, 2.75) is 6.54 Å². The van der Waals surface area contributed by atoms with Crippen LogP contribution in [0.5, 0.6) is 0 Å². The number of aromatic nitrogens is 3. The van der Waals surface area contributed by atoms with E-state index in [0.717, 1.165) is 12.1 Å². The van der Waals surface area contributed by atoms with Gasteiger partial charge in [0.25, 0.3) is 0 Å². The number of imidazole rings is 1. The van der Waals surface area contributed by atoms with Gasteiger partial charge in [0, 0.05) is 37.4 Å². The standard InChI is InChI=1S/C9H8N3/c1-3-10-4-2-9(1)7-12-6-5-11-8-12/h1,3-6,8H,7H2. The van der Waals surface area contributed by atoms with Crippen LogP contribution in [0.25, 0.3) is 0 Å². The zero-order chi connectivity index (χ0) is 8.23. The van der Waals surface area contributed by atoms with Crippen molar-refractivity contribution in [1.29, 1.82) is 0 Å². The van der Waals surface area contributed by atoms with Crippen molar-refractivity contribution in [2.24, 2.45) is 0 Å². The van der Waals surface area contributed by atoms with Crippen molar-refractivity contribution in [3.63, 3.8) is 0 Å². The second-order valence-electron chi connectivity index (χ2n) is 2.50. The zero-order valence-corrected chi connectivity index (χ0v) is 6.51. The monoisotopic (exact) mass is 158 g/mol. The fourth-order valence-electron chi connectivity index (χ4n) is 1.02. The van der Waals surface area contributed by atoms with Crippen molar-refractivity contribution in [2.75, 3.05) is 0 Å². The molecule has 59 valence electrons. The van der Waals surface area contributed by atoms with Gasteiger partial charge in [-0.3, -0.25) is 4.98 Å². The van der Waals surface area contributed by atoms with E-state index in [9.17, 15) is 0 Å². The summed E-state index contributed by atoms with van der Waals surface area (Å²) in [5.74, 6) is 0. The molecule has 0 saturated heterocycles. The average Bonchev–Trinajstić information content (AvgIpc) is 2.59. The molecule has 2 rings (SSSR count). The lowest BCUT2D eigenvalue weighted by Gasteiger charge is -1.99. The van der Waals surface area contributed by atoms with Gasteiger partial charge in [-0.05, 0) is 11.6 Å². The van der Waals surface area contributed by atoms with E-state index < -0.39 is 0 Å². The molecule has 0 aliphatic carbocycles. The Morgan fingerprint density at radius 2 is 2.33 bits per heavy atom. The molecule has 0 aliphatic heterocycles. The van der Waals surface area contributed by atoms with Gasteiger partial charge in [0.1, 0.15) is 0 Å². The van der Waals surface area contributed by atoms with Crippen molar-refractivity contribution in [3.8, 4) is 0 Å². The summed E-state index contributed by atoms with van der Waals surface area (Å²) in [4.78, 5) is 7.85. The van der Waals surface area contributed by atoms with E-state index in [-0.39, 0.29) is 0 Å². The molecule has 0 aliphatic rings. The van der Waals surface area contributed by atoms with Crippen LogP contribution >= 0.6 is 0 Å². The van der Waals surface area contributed by atoms with Crippen LogP contribution in [-0.4, -0.2) is 14.5 Å². The van der Waals surface area contributed by atoms with E-state index in [1.54, 1.807) is 24.9 Å². The van der Waals surface area contributed by atoms with Crippen LogP contribution < -0.4 is 0 Å². The van der Waals surface area contributed by atoms with E-state index in [0.29, 0.717) is 0 Å². The smallest absolute Gasteiger partial charge is 0.0949 e. The fraction of sp³-hybridized carbons (Fsp3) is 0.111. The number of hydrogen-bond acceptors (Lipinski definition) is 2. The lowest BCUT2D eigenvalue weighted by atomic mass is 10.3. The van der Waals surface area contributed by atoms with Crippen molar-refractivity contribution in [3.05, 3.63) is 48.8 Å². The van der Waals surface area contributed by atoms with Gasteiger partial charge >= 0.3 is 0 Å². The van der Waals surface area contributed by atoms with Crippen LogP contribution in [0.1, 0.15) is 5.56 Å². The minimum Gasteiger partial charge on any atom is -0.333 e. The number of rotatable bonds is 2. The van der Waals surface area contributed by atoms with Crippen LogP contribution in [0, 0.1) is 6.07 Å². The lowest BCUT2D eigenvalue weighted by molar-refractivity contribution is 0.794. The Hall–Kier alpha value is -1.64. The van der Waals surface area contributed by atoms with E-state index in [1.807, 2.05) is 16.8 Å². The van der Waals surface area contributed by atoms with Crippen LogP contribution in [0.4, 0.5) is 0 Å². The molecule has 2 aromatic rings. The van der Waals surface area contributed by atoms with Crippen LogP contribution in [0.15, 0.2) is 37.2 Å². The topological polar surface area (TPSA) is 30.7 Å². The molecular weight excluding hydrogens is 150 g/mol. The van der Waals surface area contributed by atoms with Gasteiger partial charge in [0.2, 0.25) is 0 Å². The van der Waals surface area contributed by atoms with Gasteiger partial charge in [-0.15, -0.1) is 0 Å². The molecule has 12 heavy (non-hydrogen) atoms. The Morgan fingerprint density at radius 1 is 1.33 bits per heavy atom. The Bertz CT molecular complexity index is 326. The highest BCUT2D eigenvalue weighted by molar-refractivity contribution is 5.08. The number of nitrogens with zero attached hydrogens (tertiary/aromatic N) is 3. The second-order valence-corrected chi connectivity index (χ2v) is 2.50. The Labute approximate surface area is 70.7 Å². The first-order chi connectivity index (χ1) is 5.95. The molecule has 0 amide bonds. The molecular formula is C9H8N3. The van der Waals surface area contributed by atoms with Gasteiger partial charge in [-0.2, -0.15) is 0 Å². The summed E-state index contributed by atoms with van der Waals surface area (Å²) < 4.78 is 1.99. The maximum absolute atomic E-state index is 3.95. The predicted octanol–water partition coefficient (Wildman–Crippen LogP) is 1.13. The molecule has 3 heteroatoms. The zero-order valence-electron chi connectivity index (χ0n) is 6.51. The van der Waals surface area contributed by atoms with Crippen molar-refractivity contribution in [1.82, 2.24) is 14.5 Å². The number of hydrogen-bond donors (Lipinski definition) is 0. The third kappa shape index (κ3) is 1.50. The molecule has 0 aromatic carbocycles. The quantitative estimate of drug-likeness (QED) is 0.655. The second kappa shape index (κ2) is 3.17. The molecule has 0 spiro atoms. The first kappa shape index (κ1) is 7.03. The van der Waals surface area contributed by atoms with Crippen LogP contribution in [0.2, 0.25) is 0 Å². The van der Waals surface area contributed by atoms with Gasteiger partial charge < -0.3 is 4.57 Å². The maximum atomic E-state index is 3.95. The highest BCUT2D eigenvalue weighted by Gasteiger charge is 1.92. The molecule has 0 unspecified atom stereocenters. The molecule has 0 saturated carbocycles. The molecule has 2 aromatic heterocycles. The third-order valence-corrected chi connectivity index (χ3v) is 1.60. The Balaban J connectivity index is 2.15. The molecule has 1 radical (unpaired) electrons. The first-order valence-corrected chi connectivity index (χ1v) is 3.71. The van der Waals surface area contributed by atoms with E-state index in [1.165, 1.54) is 0 Å². The first-order valence-electron chi connectivity index (χ1n) is 3.71. The summed E-state index contributed by atoms with van der Waals surface area (Å²) in [5, 5.41) is 0. The summed E-state index contributed by atoms with van der Waals surface area (Å²) in [7, 11) is 0. The van der Waals surface area contributed by atoms with E-state index in [2.05, 4.69) is 16.0 Å². The SMILES string of the molecule is [c]1cnccc1Cn1ccnc1.